The number of nitrogens with zero attached hydrogens (tertiary/aromatic N) is 5. The number of carbonyl (C=O) groups excluding carboxylic acids is 2. The molecule has 37 heavy (non-hydrogen) atoms. The average molecular weight is 525 g/mol. The fourth-order valence-electron chi connectivity index (χ4n) is 4.72. The van der Waals surface area contributed by atoms with Gasteiger partial charge in [-0.05, 0) is 37.1 Å². The first kappa shape index (κ1) is 24.8. The molecule has 1 N–H and O–H groups in total. The van der Waals surface area contributed by atoms with Crippen LogP contribution < -0.4 is 5.32 Å². The van der Waals surface area contributed by atoms with Gasteiger partial charge in [0.2, 0.25) is 0 Å². The summed E-state index contributed by atoms with van der Waals surface area (Å²) in [5, 5.41) is 7.06. The lowest BCUT2D eigenvalue weighted by atomic mass is 9.85. The second-order valence-corrected chi connectivity index (χ2v) is 9.32. The minimum Gasteiger partial charge on any atom is -0.347 e. The molecule has 1 saturated heterocycles. The highest BCUT2D eigenvalue weighted by molar-refractivity contribution is 6.35. The summed E-state index contributed by atoms with van der Waals surface area (Å²) in [4.78, 5) is 36.6. The third-order valence-corrected chi connectivity index (χ3v) is 6.85. The Hall–Kier alpha value is -3.92. The van der Waals surface area contributed by atoms with E-state index in [2.05, 4.69) is 20.4 Å². The molecule has 11 heteroatoms. The lowest BCUT2D eigenvalue weighted by molar-refractivity contribution is 0.0538. The van der Waals surface area contributed by atoms with Gasteiger partial charge in [0.1, 0.15) is 5.52 Å². The molecule has 0 saturated carbocycles. The average Bonchev–Trinajstić information content (AvgIpc) is 3.31. The van der Waals surface area contributed by atoms with Crippen molar-refractivity contribution >= 4 is 34.4 Å². The number of amides is 2. The number of hydrogen-bond donors (Lipinski definition) is 1. The van der Waals surface area contributed by atoms with E-state index in [1.165, 1.54) is 13.0 Å². The molecule has 3 heterocycles. The van der Waals surface area contributed by atoms with Crippen LogP contribution in [0.15, 0.2) is 60.9 Å². The summed E-state index contributed by atoms with van der Waals surface area (Å²) in [5.41, 5.74) is 2.52. The molecule has 0 unspecified atom stereocenters. The molecule has 1 aliphatic rings. The lowest BCUT2D eigenvalue weighted by Crippen LogP contribution is -2.51. The van der Waals surface area contributed by atoms with Gasteiger partial charge in [0.05, 0.1) is 10.5 Å². The van der Waals surface area contributed by atoms with E-state index >= 15 is 0 Å². The third kappa shape index (κ3) is 5.01. The number of rotatable bonds is 5. The summed E-state index contributed by atoms with van der Waals surface area (Å²) < 4.78 is 26.8. The smallest absolute Gasteiger partial charge is 0.333 e. The van der Waals surface area contributed by atoms with Crippen molar-refractivity contribution in [3.63, 3.8) is 0 Å². The summed E-state index contributed by atoms with van der Waals surface area (Å²) in [6.45, 7) is -0.637. The van der Waals surface area contributed by atoms with Gasteiger partial charge in [-0.2, -0.15) is 13.9 Å². The number of carbonyl (C=O) groups is 2. The molecule has 190 valence electrons. The van der Waals surface area contributed by atoms with E-state index < -0.39 is 12.5 Å². The summed E-state index contributed by atoms with van der Waals surface area (Å²) in [5.74, 6) is -0.962. The minimum absolute atomic E-state index is 0.0740. The van der Waals surface area contributed by atoms with Gasteiger partial charge in [0.25, 0.3) is 11.8 Å². The number of fused-ring (bicyclic) bond motifs is 1. The molecule has 5 rings (SSSR count). The van der Waals surface area contributed by atoms with E-state index in [1.54, 1.807) is 29.4 Å². The first-order valence-electron chi connectivity index (χ1n) is 11.7. The minimum atomic E-state index is -2.83. The molecule has 0 spiro atoms. The van der Waals surface area contributed by atoms with Gasteiger partial charge in [-0.25, -0.2) is 4.68 Å². The lowest BCUT2D eigenvalue weighted by Gasteiger charge is -2.39. The van der Waals surface area contributed by atoms with E-state index in [-0.39, 0.29) is 29.3 Å². The molecule has 1 aliphatic heterocycles. The fourth-order valence-corrected chi connectivity index (χ4v) is 4.99. The second kappa shape index (κ2) is 10.2. The van der Waals surface area contributed by atoms with Gasteiger partial charge in [0.15, 0.2) is 5.69 Å². The van der Waals surface area contributed by atoms with Crippen LogP contribution in [0.1, 0.15) is 51.0 Å². The van der Waals surface area contributed by atoms with Gasteiger partial charge < -0.3 is 10.2 Å². The van der Waals surface area contributed by atoms with Gasteiger partial charge >= 0.3 is 6.55 Å². The molecule has 2 atom stereocenters. The number of benzene rings is 2. The Kier molecular flexibility index (Phi) is 6.84. The van der Waals surface area contributed by atoms with Crippen molar-refractivity contribution in [3.8, 4) is 0 Å². The molecule has 2 amide bonds. The molecular weight excluding hydrogens is 502 g/mol. The van der Waals surface area contributed by atoms with Crippen molar-refractivity contribution < 1.29 is 18.4 Å². The summed E-state index contributed by atoms with van der Waals surface area (Å²) in [6.07, 6.45) is 3.55. The Bertz CT molecular complexity index is 1460. The molecule has 1 fully saturated rings. The van der Waals surface area contributed by atoms with Gasteiger partial charge in [-0.1, -0.05) is 41.9 Å². The highest BCUT2D eigenvalue weighted by Crippen LogP contribution is 2.30. The summed E-state index contributed by atoms with van der Waals surface area (Å²) in [6, 6.07) is 13.8. The van der Waals surface area contributed by atoms with Crippen molar-refractivity contribution in [3.05, 3.63) is 88.5 Å². The zero-order valence-corrected chi connectivity index (χ0v) is 20.6. The molecule has 0 aliphatic carbocycles. The maximum Gasteiger partial charge on any atom is 0.333 e. The highest BCUT2D eigenvalue weighted by Gasteiger charge is 2.34. The molecule has 8 nitrogen and oxygen atoms in total. The fraction of sp³-hybridized carbons (Fsp3) is 0.269. The molecule has 0 bridgehead atoms. The number of halogens is 3. The Labute approximate surface area is 216 Å². The van der Waals surface area contributed by atoms with Gasteiger partial charge in [0, 0.05) is 48.7 Å². The van der Waals surface area contributed by atoms with Crippen molar-refractivity contribution in [2.24, 2.45) is 0 Å². The quantitative estimate of drug-likeness (QED) is 0.411. The van der Waals surface area contributed by atoms with E-state index in [0.29, 0.717) is 45.8 Å². The first-order valence-corrected chi connectivity index (χ1v) is 12.1. The largest absolute Gasteiger partial charge is 0.347 e. The molecule has 4 aromatic rings. The standard InChI is InChI=1S/C26H23ClF2N6O2/c1-15-11-22(33-35(15)26(28)29)24(36)32-20-7-10-34(14-18(20)16-5-3-2-4-6-16)25(37)17-12-19(27)23-21(13-17)30-8-9-31-23/h2-6,8-9,11-13,18,20,26H,7,10,14H2,1H3,(H,32,36)/t18-,20-/m1/s1. The van der Waals surface area contributed by atoms with Crippen molar-refractivity contribution in [2.45, 2.75) is 31.9 Å². The second-order valence-electron chi connectivity index (χ2n) is 8.91. The number of alkyl halides is 2. The molecule has 2 aromatic heterocycles. The van der Waals surface area contributed by atoms with Crippen molar-refractivity contribution in [2.75, 3.05) is 13.1 Å². The normalized spacial score (nSPS) is 17.8. The van der Waals surface area contributed by atoms with Crippen molar-refractivity contribution in [1.29, 1.82) is 0 Å². The van der Waals surface area contributed by atoms with Gasteiger partial charge in [-0.3, -0.25) is 19.6 Å². The number of piperidine rings is 1. The van der Waals surface area contributed by atoms with E-state index in [4.69, 9.17) is 11.6 Å². The highest BCUT2D eigenvalue weighted by atomic mass is 35.5. The summed E-state index contributed by atoms with van der Waals surface area (Å²) >= 11 is 6.37. The predicted molar refractivity (Wildman–Crippen MR) is 134 cm³/mol. The predicted octanol–water partition coefficient (Wildman–Crippen LogP) is 4.61. The maximum absolute atomic E-state index is 13.5. The van der Waals surface area contributed by atoms with Crippen LogP contribution in [0.25, 0.3) is 11.0 Å². The van der Waals surface area contributed by atoms with Crippen LogP contribution in [0.3, 0.4) is 0 Å². The monoisotopic (exact) mass is 524 g/mol. The van der Waals surface area contributed by atoms with Gasteiger partial charge in [-0.15, -0.1) is 0 Å². The number of aromatic nitrogens is 4. The topological polar surface area (TPSA) is 93.0 Å². The zero-order valence-electron chi connectivity index (χ0n) is 19.8. The number of likely N-dealkylation sites (tertiary alicyclic amines) is 1. The van der Waals surface area contributed by atoms with E-state index in [9.17, 15) is 18.4 Å². The first-order chi connectivity index (χ1) is 17.8. The number of nitrogens with one attached hydrogen (secondary N) is 1. The van der Waals surface area contributed by atoms with Crippen LogP contribution in [0.5, 0.6) is 0 Å². The van der Waals surface area contributed by atoms with E-state index in [0.717, 1.165) is 5.56 Å². The SMILES string of the molecule is Cc1cc(C(=O)N[C@@H]2CCN(C(=O)c3cc(Cl)c4nccnc4c3)C[C@@H]2c2ccccc2)nn1C(F)F. The molecule has 2 aromatic carbocycles. The van der Waals surface area contributed by atoms with Crippen molar-refractivity contribution in [1.82, 2.24) is 30.0 Å². The van der Waals surface area contributed by atoms with Crippen LogP contribution in [0.2, 0.25) is 5.02 Å². The Morgan fingerprint density at radius 2 is 1.86 bits per heavy atom. The molecule has 0 radical (unpaired) electrons. The third-order valence-electron chi connectivity index (χ3n) is 6.56. The van der Waals surface area contributed by atoms with Crippen LogP contribution in [-0.2, 0) is 0 Å². The van der Waals surface area contributed by atoms with Crippen LogP contribution in [-0.4, -0.2) is 55.6 Å². The summed E-state index contributed by atoms with van der Waals surface area (Å²) in [7, 11) is 0. The Balaban J connectivity index is 1.39. The van der Waals surface area contributed by atoms with Crippen LogP contribution >= 0.6 is 11.6 Å². The zero-order chi connectivity index (χ0) is 26.1. The van der Waals surface area contributed by atoms with E-state index in [1.807, 2.05) is 30.3 Å². The number of aryl methyl sites for hydroxylation is 1. The van der Waals surface area contributed by atoms with Crippen LogP contribution in [0, 0.1) is 6.92 Å². The number of hydrogen-bond acceptors (Lipinski definition) is 5. The Morgan fingerprint density at radius 3 is 2.59 bits per heavy atom. The maximum atomic E-state index is 13.5. The molecular formula is C26H23ClF2N6O2. The van der Waals surface area contributed by atoms with Crippen LogP contribution in [0.4, 0.5) is 8.78 Å². The Morgan fingerprint density at radius 1 is 1.11 bits per heavy atom.